The van der Waals surface area contributed by atoms with Crippen molar-refractivity contribution in [1.82, 2.24) is 5.32 Å². The number of phenolic OH excluding ortho intramolecular Hbond substituents is 1. The molecule has 2 heteroatoms. The predicted octanol–water partition coefficient (Wildman–Crippen LogP) is 4.26. The number of phenols is 1. The van der Waals surface area contributed by atoms with Crippen LogP contribution in [0.2, 0.25) is 0 Å². The molecule has 0 amide bonds. The molecule has 1 saturated carbocycles. The Bertz CT molecular complexity index is 365. The van der Waals surface area contributed by atoms with E-state index in [0.717, 1.165) is 24.8 Å². The van der Waals surface area contributed by atoms with Gasteiger partial charge in [0.2, 0.25) is 0 Å². The minimum absolute atomic E-state index is 0.347. The van der Waals surface area contributed by atoms with Gasteiger partial charge in [0.15, 0.2) is 0 Å². The Morgan fingerprint density at radius 3 is 2.37 bits per heavy atom. The highest BCUT2D eigenvalue weighted by atomic mass is 16.3. The van der Waals surface area contributed by atoms with Gasteiger partial charge in [-0.2, -0.15) is 0 Å². The Hall–Kier alpha value is -1.02. The van der Waals surface area contributed by atoms with Crippen LogP contribution in [0.5, 0.6) is 5.75 Å². The monoisotopic (exact) mass is 261 g/mol. The van der Waals surface area contributed by atoms with E-state index in [1.54, 1.807) is 12.1 Å². The van der Waals surface area contributed by atoms with Gasteiger partial charge in [0.05, 0.1) is 0 Å². The number of aromatic hydroxyl groups is 1. The van der Waals surface area contributed by atoms with Gasteiger partial charge in [0, 0.05) is 6.04 Å². The van der Waals surface area contributed by atoms with Crippen molar-refractivity contribution < 1.29 is 5.11 Å². The van der Waals surface area contributed by atoms with E-state index in [1.165, 1.54) is 31.2 Å². The van der Waals surface area contributed by atoms with Crippen LogP contribution in [0.3, 0.4) is 0 Å². The van der Waals surface area contributed by atoms with E-state index in [0.29, 0.717) is 11.8 Å². The van der Waals surface area contributed by atoms with Crippen molar-refractivity contribution in [3.63, 3.8) is 0 Å². The summed E-state index contributed by atoms with van der Waals surface area (Å²) in [6, 6.07) is 8.03. The minimum atomic E-state index is 0.347. The molecule has 1 aliphatic rings. The fourth-order valence-corrected chi connectivity index (χ4v) is 3.05. The summed E-state index contributed by atoms with van der Waals surface area (Å²) in [5.41, 5.74) is 1.28. The number of nitrogens with one attached hydrogen (secondary N) is 1. The highest BCUT2D eigenvalue weighted by molar-refractivity contribution is 5.27. The third-order valence-electron chi connectivity index (χ3n) is 4.49. The van der Waals surface area contributed by atoms with Gasteiger partial charge >= 0.3 is 0 Å². The second kappa shape index (κ2) is 6.95. The number of hydrogen-bond donors (Lipinski definition) is 2. The standard InChI is InChI=1S/C17H27NO/c1-3-17(15-8-10-16(19)11-9-15)18-12-14-6-4-13(2)5-7-14/h8-11,13-14,17-19H,3-7,12H2,1-2H3. The summed E-state index contributed by atoms with van der Waals surface area (Å²) in [5, 5.41) is 13.1. The van der Waals surface area contributed by atoms with Crippen LogP contribution >= 0.6 is 0 Å². The molecule has 0 heterocycles. The second-order valence-corrected chi connectivity index (χ2v) is 6.09. The largest absolute Gasteiger partial charge is 0.508 e. The van der Waals surface area contributed by atoms with Gasteiger partial charge in [-0.1, -0.05) is 38.8 Å². The van der Waals surface area contributed by atoms with Crippen LogP contribution in [-0.2, 0) is 0 Å². The maximum Gasteiger partial charge on any atom is 0.115 e. The summed E-state index contributed by atoms with van der Waals surface area (Å²) in [5.74, 6) is 2.12. The summed E-state index contributed by atoms with van der Waals surface area (Å²) >= 11 is 0. The van der Waals surface area contributed by atoms with Gasteiger partial charge in [0.1, 0.15) is 5.75 Å². The normalized spacial score (nSPS) is 25.2. The van der Waals surface area contributed by atoms with Crippen molar-refractivity contribution in [2.75, 3.05) is 6.54 Å². The second-order valence-electron chi connectivity index (χ2n) is 6.09. The number of hydrogen-bond acceptors (Lipinski definition) is 2. The van der Waals surface area contributed by atoms with Crippen LogP contribution in [0.4, 0.5) is 0 Å². The Kier molecular flexibility index (Phi) is 5.26. The quantitative estimate of drug-likeness (QED) is 0.830. The fourth-order valence-electron chi connectivity index (χ4n) is 3.05. The molecular formula is C17H27NO. The van der Waals surface area contributed by atoms with E-state index in [-0.39, 0.29) is 0 Å². The average molecular weight is 261 g/mol. The molecule has 0 spiro atoms. The van der Waals surface area contributed by atoms with E-state index < -0.39 is 0 Å². The van der Waals surface area contributed by atoms with Gasteiger partial charge in [0.25, 0.3) is 0 Å². The van der Waals surface area contributed by atoms with Gasteiger partial charge in [-0.25, -0.2) is 0 Å². The lowest BCUT2D eigenvalue weighted by atomic mass is 9.83. The van der Waals surface area contributed by atoms with Crippen molar-refractivity contribution in [1.29, 1.82) is 0 Å². The summed E-state index contributed by atoms with van der Waals surface area (Å²) in [7, 11) is 0. The first kappa shape index (κ1) is 14.4. The van der Waals surface area contributed by atoms with Crippen LogP contribution in [0.1, 0.15) is 57.6 Å². The van der Waals surface area contributed by atoms with Gasteiger partial charge < -0.3 is 10.4 Å². The van der Waals surface area contributed by atoms with Gasteiger partial charge in [-0.15, -0.1) is 0 Å². The van der Waals surface area contributed by atoms with Crippen molar-refractivity contribution in [2.24, 2.45) is 11.8 Å². The van der Waals surface area contributed by atoms with Crippen molar-refractivity contribution in [3.05, 3.63) is 29.8 Å². The molecule has 1 unspecified atom stereocenters. The topological polar surface area (TPSA) is 32.3 Å². The van der Waals surface area contributed by atoms with E-state index in [4.69, 9.17) is 0 Å². The molecule has 0 aromatic heterocycles. The third-order valence-corrected chi connectivity index (χ3v) is 4.49. The predicted molar refractivity (Wildman–Crippen MR) is 80.3 cm³/mol. The molecule has 0 bridgehead atoms. The zero-order valence-electron chi connectivity index (χ0n) is 12.2. The summed E-state index contributed by atoms with van der Waals surface area (Å²) in [4.78, 5) is 0. The molecule has 2 rings (SSSR count). The summed E-state index contributed by atoms with van der Waals surface area (Å²) < 4.78 is 0. The van der Waals surface area contributed by atoms with E-state index >= 15 is 0 Å². The van der Waals surface area contributed by atoms with Crippen LogP contribution in [-0.4, -0.2) is 11.7 Å². The smallest absolute Gasteiger partial charge is 0.115 e. The zero-order valence-corrected chi connectivity index (χ0v) is 12.2. The molecule has 2 N–H and O–H groups in total. The lowest BCUT2D eigenvalue weighted by Gasteiger charge is -2.28. The highest BCUT2D eigenvalue weighted by Gasteiger charge is 2.19. The first-order valence-electron chi connectivity index (χ1n) is 7.71. The molecule has 1 aliphatic carbocycles. The van der Waals surface area contributed by atoms with Gasteiger partial charge in [-0.3, -0.25) is 0 Å². The molecule has 1 fully saturated rings. The maximum absolute atomic E-state index is 9.35. The molecule has 0 aliphatic heterocycles. The molecule has 1 atom stereocenters. The Balaban J connectivity index is 1.84. The van der Waals surface area contributed by atoms with E-state index in [1.807, 2.05) is 12.1 Å². The zero-order chi connectivity index (χ0) is 13.7. The van der Waals surface area contributed by atoms with Gasteiger partial charge in [-0.05, 0) is 55.3 Å². The lowest BCUT2D eigenvalue weighted by molar-refractivity contribution is 0.273. The molecular weight excluding hydrogens is 234 g/mol. The third kappa shape index (κ3) is 4.24. The first-order valence-corrected chi connectivity index (χ1v) is 7.71. The Labute approximate surface area is 117 Å². The Morgan fingerprint density at radius 2 is 1.79 bits per heavy atom. The maximum atomic E-state index is 9.35. The van der Waals surface area contributed by atoms with Crippen molar-refractivity contribution in [2.45, 2.75) is 52.0 Å². The highest BCUT2D eigenvalue weighted by Crippen LogP contribution is 2.28. The summed E-state index contributed by atoms with van der Waals surface area (Å²) in [6.45, 7) is 5.72. The molecule has 1 aromatic rings. The number of benzene rings is 1. The van der Waals surface area contributed by atoms with Crippen molar-refractivity contribution >= 4 is 0 Å². The van der Waals surface area contributed by atoms with Crippen LogP contribution in [0.15, 0.2) is 24.3 Å². The first-order chi connectivity index (χ1) is 9.19. The number of rotatable bonds is 5. The van der Waals surface area contributed by atoms with E-state index in [9.17, 15) is 5.11 Å². The molecule has 1 aromatic carbocycles. The lowest BCUT2D eigenvalue weighted by Crippen LogP contribution is -2.29. The Morgan fingerprint density at radius 1 is 1.16 bits per heavy atom. The van der Waals surface area contributed by atoms with Crippen molar-refractivity contribution in [3.8, 4) is 5.75 Å². The fraction of sp³-hybridized carbons (Fsp3) is 0.647. The van der Waals surface area contributed by atoms with E-state index in [2.05, 4.69) is 19.2 Å². The van der Waals surface area contributed by atoms with Crippen LogP contribution in [0.25, 0.3) is 0 Å². The SMILES string of the molecule is CCC(NCC1CCC(C)CC1)c1ccc(O)cc1. The molecule has 2 nitrogen and oxygen atoms in total. The molecule has 0 radical (unpaired) electrons. The average Bonchev–Trinajstić information content (AvgIpc) is 2.43. The van der Waals surface area contributed by atoms with Crippen LogP contribution in [0, 0.1) is 11.8 Å². The minimum Gasteiger partial charge on any atom is -0.508 e. The van der Waals surface area contributed by atoms with Crippen LogP contribution < -0.4 is 5.32 Å². The summed E-state index contributed by atoms with van der Waals surface area (Å²) in [6.07, 6.45) is 6.62. The molecule has 19 heavy (non-hydrogen) atoms. The molecule has 0 saturated heterocycles. The molecule has 106 valence electrons.